The first kappa shape index (κ1) is 21.4. The van der Waals surface area contributed by atoms with Gasteiger partial charge in [-0.05, 0) is 55.3 Å². The van der Waals surface area contributed by atoms with Crippen molar-refractivity contribution in [2.45, 2.75) is 20.3 Å². The zero-order chi connectivity index (χ0) is 21.7. The average molecular weight is 430 g/mol. The SMILES string of the molecule is CCCNC(=O)c1cc2ccc(OC(=O)COc3ccc(Cl)c(C)c3)cc2oc1=O. The highest BCUT2D eigenvalue weighted by Crippen LogP contribution is 2.22. The largest absolute Gasteiger partial charge is 0.482 e. The predicted molar refractivity (Wildman–Crippen MR) is 112 cm³/mol. The summed E-state index contributed by atoms with van der Waals surface area (Å²) in [6.45, 7) is 3.89. The zero-order valence-electron chi connectivity index (χ0n) is 16.5. The first-order chi connectivity index (χ1) is 14.4. The second kappa shape index (κ2) is 9.45. The number of ether oxygens (including phenoxy) is 2. The number of amides is 1. The topological polar surface area (TPSA) is 94.8 Å². The summed E-state index contributed by atoms with van der Waals surface area (Å²) in [6.07, 6.45) is 0.751. The molecule has 1 N–H and O–H groups in total. The maximum atomic E-state index is 12.1. The summed E-state index contributed by atoms with van der Waals surface area (Å²) in [4.78, 5) is 36.2. The minimum Gasteiger partial charge on any atom is -0.482 e. The number of carbonyl (C=O) groups is 2. The number of halogens is 1. The number of aryl methyl sites for hydroxylation is 1. The molecule has 0 atom stereocenters. The summed E-state index contributed by atoms with van der Waals surface area (Å²) in [6, 6.07) is 11.1. The van der Waals surface area contributed by atoms with Crippen LogP contribution in [-0.4, -0.2) is 25.0 Å². The summed E-state index contributed by atoms with van der Waals surface area (Å²) >= 11 is 5.96. The van der Waals surface area contributed by atoms with Gasteiger partial charge in [-0.3, -0.25) is 4.79 Å². The van der Waals surface area contributed by atoms with Crippen molar-refractivity contribution in [2.24, 2.45) is 0 Å². The molecule has 1 aromatic heterocycles. The van der Waals surface area contributed by atoms with Crippen molar-refractivity contribution in [3.05, 3.63) is 69.0 Å². The van der Waals surface area contributed by atoms with E-state index in [-0.39, 0.29) is 23.5 Å². The molecule has 0 aliphatic rings. The smallest absolute Gasteiger partial charge is 0.349 e. The number of hydrogen-bond acceptors (Lipinski definition) is 6. The van der Waals surface area contributed by atoms with Gasteiger partial charge in [0.15, 0.2) is 6.61 Å². The minimum atomic E-state index is -0.763. The van der Waals surface area contributed by atoms with Crippen LogP contribution in [0.5, 0.6) is 11.5 Å². The fourth-order valence-corrected chi connectivity index (χ4v) is 2.77. The van der Waals surface area contributed by atoms with Crippen molar-refractivity contribution in [3.63, 3.8) is 0 Å². The fourth-order valence-electron chi connectivity index (χ4n) is 2.66. The van der Waals surface area contributed by atoms with Gasteiger partial charge in [0.2, 0.25) is 0 Å². The Bertz CT molecular complexity index is 1150. The third-order valence-electron chi connectivity index (χ3n) is 4.21. The Balaban J connectivity index is 1.69. The van der Waals surface area contributed by atoms with Gasteiger partial charge in [-0.25, -0.2) is 9.59 Å². The fraction of sp³-hybridized carbons (Fsp3) is 0.227. The van der Waals surface area contributed by atoms with Crippen LogP contribution >= 0.6 is 11.6 Å². The monoisotopic (exact) mass is 429 g/mol. The molecular formula is C22H20ClNO6. The molecule has 3 aromatic rings. The Hall–Kier alpha value is -3.32. The van der Waals surface area contributed by atoms with E-state index in [0.29, 0.717) is 22.7 Å². The molecule has 0 aliphatic carbocycles. The molecule has 2 aromatic carbocycles. The number of hydrogen-bond donors (Lipinski definition) is 1. The number of nitrogens with one attached hydrogen (secondary N) is 1. The van der Waals surface area contributed by atoms with Crippen LogP contribution in [-0.2, 0) is 4.79 Å². The Morgan fingerprint density at radius 3 is 2.60 bits per heavy atom. The highest BCUT2D eigenvalue weighted by Gasteiger charge is 2.14. The molecule has 0 spiro atoms. The van der Waals surface area contributed by atoms with E-state index in [1.165, 1.54) is 12.1 Å². The van der Waals surface area contributed by atoms with Crippen molar-refractivity contribution < 1.29 is 23.5 Å². The van der Waals surface area contributed by atoms with Crippen LogP contribution in [0.3, 0.4) is 0 Å². The van der Waals surface area contributed by atoms with Gasteiger partial charge >= 0.3 is 11.6 Å². The van der Waals surface area contributed by atoms with E-state index in [9.17, 15) is 14.4 Å². The van der Waals surface area contributed by atoms with Gasteiger partial charge < -0.3 is 19.2 Å². The van der Waals surface area contributed by atoms with Gasteiger partial charge in [-0.2, -0.15) is 0 Å². The number of esters is 1. The third kappa shape index (κ3) is 5.18. The molecule has 30 heavy (non-hydrogen) atoms. The highest BCUT2D eigenvalue weighted by molar-refractivity contribution is 6.31. The van der Waals surface area contributed by atoms with Crippen molar-refractivity contribution in [1.82, 2.24) is 5.32 Å². The number of benzene rings is 2. The Morgan fingerprint density at radius 2 is 1.87 bits per heavy atom. The molecule has 0 saturated carbocycles. The summed E-state index contributed by atoms with van der Waals surface area (Å²) in [7, 11) is 0. The Kier molecular flexibility index (Phi) is 6.74. The number of carbonyl (C=O) groups excluding carboxylic acids is 2. The van der Waals surface area contributed by atoms with Crippen LogP contribution in [0.4, 0.5) is 0 Å². The van der Waals surface area contributed by atoms with Gasteiger partial charge in [-0.1, -0.05) is 18.5 Å². The second-order valence-corrected chi connectivity index (χ2v) is 6.98. The van der Waals surface area contributed by atoms with Crippen molar-refractivity contribution in [2.75, 3.05) is 13.2 Å². The lowest BCUT2D eigenvalue weighted by Gasteiger charge is -2.09. The molecule has 0 radical (unpaired) electrons. The first-order valence-corrected chi connectivity index (χ1v) is 9.71. The van der Waals surface area contributed by atoms with Gasteiger partial charge in [0.25, 0.3) is 5.91 Å². The van der Waals surface area contributed by atoms with Gasteiger partial charge in [0.1, 0.15) is 22.6 Å². The van der Waals surface area contributed by atoms with E-state index in [0.717, 1.165) is 12.0 Å². The van der Waals surface area contributed by atoms with Crippen LogP contribution in [0.1, 0.15) is 29.3 Å². The molecule has 0 bridgehead atoms. The van der Waals surface area contributed by atoms with Crippen LogP contribution in [0.15, 0.2) is 51.7 Å². The number of fused-ring (bicyclic) bond motifs is 1. The zero-order valence-corrected chi connectivity index (χ0v) is 17.2. The standard InChI is InChI=1S/C22H20ClNO6/c1-3-8-24-21(26)17-10-14-4-5-16(11-19(14)30-22(17)27)29-20(25)12-28-15-6-7-18(23)13(2)9-15/h4-7,9-11H,3,8,12H2,1-2H3,(H,24,26). The van der Waals surface area contributed by atoms with E-state index >= 15 is 0 Å². The summed E-state index contributed by atoms with van der Waals surface area (Å²) < 4.78 is 15.9. The van der Waals surface area contributed by atoms with Gasteiger partial charge in [0.05, 0.1) is 0 Å². The lowest BCUT2D eigenvalue weighted by atomic mass is 10.1. The maximum Gasteiger partial charge on any atom is 0.349 e. The average Bonchev–Trinajstić information content (AvgIpc) is 2.72. The van der Waals surface area contributed by atoms with Crippen LogP contribution in [0, 0.1) is 6.92 Å². The predicted octanol–water partition coefficient (Wildman–Crippen LogP) is 3.88. The van der Waals surface area contributed by atoms with E-state index in [2.05, 4.69) is 5.32 Å². The number of rotatable bonds is 7. The first-order valence-electron chi connectivity index (χ1n) is 9.33. The quantitative estimate of drug-likeness (QED) is 0.348. The lowest BCUT2D eigenvalue weighted by Crippen LogP contribution is -2.28. The normalized spacial score (nSPS) is 10.6. The third-order valence-corrected chi connectivity index (χ3v) is 4.63. The summed E-state index contributed by atoms with van der Waals surface area (Å²) in [5.41, 5.74) is 0.190. The summed E-state index contributed by atoms with van der Waals surface area (Å²) in [5.74, 6) is -0.431. The van der Waals surface area contributed by atoms with Gasteiger partial charge in [-0.15, -0.1) is 0 Å². The van der Waals surface area contributed by atoms with E-state index in [4.69, 9.17) is 25.5 Å². The molecular weight excluding hydrogens is 410 g/mol. The van der Waals surface area contributed by atoms with Crippen molar-refractivity contribution in [1.29, 1.82) is 0 Å². The second-order valence-electron chi connectivity index (χ2n) is 6.58. The highest BCUT2D eigenvalue weighted by atomic mass is 35.5. The van der Waals surface area contributed by atoms with E-state index in [1.807, 2.05) is 13.8 Å². The Morgan fingerprint density at radius 1 is 1.10 bits per heavy atom. The molecule has 156 valence electrons. The van der Waals surface area contributed by atoms with E-state index < -0.39 is 17.5 Å². The van der Waals surface area contributed by atoms with Crippen LogP contribution in [0.2, 0.25) is 5.02 Å². The van der Waals surface area contributed by atoms with Crippen molar-refractivity contribution >= 4 is 34.4 Å². The van der Waals surface area contributed by atoms with Crippen LogP contribution in [0.25, 0.3) is 11.0 Å². The van der Waals surface area contributed by atoms with E-state index in [1.54, 1.807) is 30.3 Å². The summed E-state index contributed by atoms with van der Waals surface area (Å²) in [5, 5.41) is 3.77. The molecule has 0 unspecified atom stereocenters. The van der Waals surface area contributed by atoms with Gasteiger partial charge in [0, 0.05) is 23.0 Å². The molecule has 1 amide bonds. The minimum absolute atomic E-state index is 0.0765. The lowest BCUT2D eigenvalue weighted by molar-refractivity contribution is -0.136. The molecule has 0 fully saturated rings. The molecule has 7 nitrogen and oxygen atoms in total. The molecule has 0 aliphatic heterocycles. The van der Waals surface area contributed by atoms with Crippen LogP contribution < -0.4 is 20.4 Å². The Labute approximate surface area is 177 Å². The molecule has 8 heteroatoms. The molecule has 3 rings (SSSR count). The molecule has 1 heterocycles. The molecule has 0 saturated heterocycles. The maximum absolute atomic E-state index is 12.1. The van der Waals surface area contributed by atoms with Crippen molar-refractivity contribution in [3.8, 4) is 11.5 Å².